The van der Waals surface area contributed by atoms with Crippen LogP contribution in [0.1, 0.15) is 27.0 Å². The molecule has 0 fully saturated rings. The van der Waals surface area contributed by atoms with Crippen LogP contribution in [0.5, 0.6) is 17.2 Å². The molecule has 0 spiro atoms. The summed E-state index contributed by atoms with van der Waals surface area (Å²) in [4.78, 5) is 24.7. The van der Waals surface area contributed by atoms with Crippen molar-refractivity contribution in [2.45, 2.75) is 20.5 Å². The zero-order valence-electron chi connectivity index (χ0n) is 17.0. The number of benzene rings is 2. The molecule has 0 N–H and O–H groups in total. The fourth-order valence-electron chi connectivity index (χ4n) is 3.13. The van der Waals surface area contributed by atoms with Gasteiger partial charge in [-0.3, -0.25) is 0 Å². The Morgan fingerprint density at radius 2 is 1.69 bits per heavy atom. The van der Waals surface area contributed by atoms with E-state index in [1.807, 2.05) is 26.0 Å². The molecule has 0 unspecified atom stereocenters. The quantitative estimate of drug-likeness (QED) is 0.461. The number of rotatable bonds is 6. The van der Waals surface area contributed by atoms with Gasteiger partial charge in [0.1, 0.15) is 17.8 Å². The SMILES string of the molecule is COc1ccc(C(=O)OCc2cc(=O)oc3c(C)c(C)ccc23)c(OC)c1OC. The zero-order chi connectivity index (χ0) is 21.1. The van der Waals surface area contributed by atoms with Gasteiger partial charge in [-0.1, -0.05) is 12.1 Å². The summed E-state index contributed by atoms with van der Waals surface area (Å²) in [5, 5.41) is 0.722. The van der Waals surface area contributed by atoms with E-state index in [-0.39, 0.29) is 17.9 Å². The molecule has 152 valence electrons. The van der Waals surface area contributed by atoms with E-state index in [0.29, 0.717) is 22.6 Å². The largest absolute Gasteiger partial charge is 0.493 e. The van der Waals surface area contributed by atoms with E-state index in [9.17, 15) is 9.59 Å². The van der Waals surface area contributed by atoms with E-state index in [1.165, 1.54) is 33.5 Å². The lowest BCUT2D eigenvalue weighted by atomic mass is 10.0. The Bertz CT molecular complexity index is 1130. The predicted molar refractivity (Wildman–Crippen MR) is 107 cm³/mol. The summed E-state index contributed by atoms with van der Waals surface area (Å²) in [5.74, 6) is 0.313. The molecule has 3 rings (SSSR count). The van der Waals surface area contributed by atoms with E-state index in [2.05, 4.69) is 0 Å². The van der Waals surface area contributed by atoms with E-state index in [1.54, 1.807) is 6.07 Å². The smallest absolute Gasteiger partial charge is 0.342 e. The fourth-order valence-corrected chi connectivity index (χ4v) is 3.13. The molecule has 1 heterocycles. The third-order valence-corrected chi connectivity index (χ3v) is 4.80. The monoisotopic (exact) mass is 398 g/mol. The summed E-state index contributed by atoms with van der Waals surface area (Å²) in [6.07, 6.45) is 0. The lowest BCUT2D eigenvalue weighted by molar-refractivity contribution is 0.0469. The van der Waals surface area contributed by atoms with E-state index in [0.717, 1.165) is 16.5 Å². The Hall–Kier alpha value is -3.48. The maximum Gasteiger partial charge on any atom is 0.342 e. The molecule has 0 radical (unpaired) electrons. The minimum atomic E-state index is -0.618. The minimum Gasteiger partial charge on any atom is -0.493 e. The van der Waals surface area contributed by atoms with Gasteiger partial charge in [0.05, 0.1) is 21.3 Å². The Kier molecular flexibility index (Phi) is 5.77. The van der Waals surface area contributed by atoms with Gasteiger partial charge in [0.15, 0.2) is 11.5 Å². The summed E-state index contributed by atoms with van der Waals surface area (Å²) < 4.78 is 26.7. The molecule has 0 aliphatic heterocycles. The Labute approximate surface area is 167 Å². The normalized spacial score (nSPS) is 10.7. The Morgan fingerprint density at radius 3 is 2.34 bits per heavy atom. The van der Waals surface area contributed by atoms with Crippen LogP contribution in [0.25, 0.3) is 11.0 Å². The molecular formula is C22H22O7. The Balaban J connectivity index is 1.94. The number of carbonyl (C=O) groups excluding carboxylic acids is 1. The molecule has 1 aromatic heterocycles. The van der Waals surface area contributed by atoms with E-state index in [4.69, 9.17) is 23.4 Å². The highest BCUT2D eigenvalue weighted by Gasteiger charge is 2.22. The van der Waals surface area contributed by atoms with Crippen molar-refractivity contribution in [2.75, 3.05) is 21.3 Å². The standard InChI is InChI=1S/C22H22O7/c1-12-6-7-15-14(10-18(23)29-19(15)13(12)2)11-28-22(24)16-8-9-17(25-3)21(27-5)20(16)26-4/h6-10H,11H2,1-5H3. The lowest BCUT2D eigenvalue weighted by Crippen LogP contribution is -2.10. The highest BCUT2D eigenvalue weighted by atomic mass is 16.5. The molecular weight excluding hydrogens is 376 g/mol. The van der Waals surface area contributed by atoms with Crippen LogP contribution >= 0.6 is 0 Å². The van der Waals surface area contributed by atoms with Crippen molar-refractivity contribution < 1.29 is 28.2 Å². The van der Waals surface area contributed by atoms with Gasteiger partial charge < -0.3 is 23.4 Å². The van der Waals surface area contributed by atoms with Crippen molar-refractivity contribution in [1.82, 2.24) is 0 Å². The van der Waals surface area contributed by atoms with Gasteiger partial charge in [-0.25, -0.2) is 9.59 Å². The third kappa shape index (κ3) is 3.76. The molecule has 0 amide bonds. The second-order valence-electron chi connectivity index (χ2n) is 6.43. The summed E-state index contributed by atoms with van der Waals surface area (Å²) in [7, 11) is 4.37. The van der Waals surface area contributed by atoms with Crippen LogP contribution in [0.4, 0.5) is 0 Å². The summed E-state index contributed by atoms with van der Waals surface area (Å²) >= 11 is 0. The van der Waals surface area contributed by atoms with Crippen molar-refractivity contribution in [2.24, 2.45) is 0 Å². The first-order chi connectivity index (χ1) is 13.9. The molecule has 0 bridgehead atoms. The number of carbonyl (C=O) groups is 1. The molecule has 29 heavy (non-hydrogen) atoms. The van der Waals surface area contributed by atoms with E-state index < -0.39 is 11.6 Å². The molecule has 0 atom stereocenters. The summed E-state index contributed by atoms with van der Waals surface area (Å²) in [6.45, 7) is 3.72. The number of hydrogen-bond acceptors (Lipinski definition) is 7. The Morgan fingerprint density at radius 1 is 0.966 bits per heavy atom. The first-order valence-corrected chi connectivity index (χ1v) is 8.90. The lowest BCUT2D eigenvalue weighted by Gasteiger charge is -2.15. The van der Waals surface area contributed by atoms with Crippen LogP contribution in [0, 0.1) is 13.8 Å². The zero-order valence-corrected chi connectivity index (χ0v) is 17.0. The number of hydrogen-bond donors (Lipinski definition) is 0. The van der Waals surface area contributed by atoms with Crippen LogP contribution in [0.15, 0.2) is 39.5 Å². The number of fused-ring (bicyclic) bond motifs is 1. The first-order valence-electron chi connectivity index (χ1n) is 8.90. The van der Waals surface area contributed by atoms with Crippen molar-refractivity contribution in [3.05, 3.63) is 63.0 Å². The average molecular weight is 398 g/mol. The number of esters is 1. The molecule has 7 heteroatoms. The van der Waals surface area contributed by atoms with E-state index >= 15 is 0 Å². The second-order valence-corrected chi connectivity index (χ2v) is 6.43. The van der Waals surface area contributed by atoms with Crippen LogP contribution < -0.4 is 19.8 Å². The maximum atomic E-state index is 12.7. The first kappa shape index (κ1) is 20.3. The van der Waals surface area contributed by atoms with Crippen molar-refractivity contribution in [1.29, 1.82) is 0 Å². The summed E-state index contributed by atoms with van der Waals surface area (Å²) in [6, 6.07) is 8.24. The highest BCUT2D eigenvalue weighted by molar-refractivity contribution is 5.94. The van der Waals surface area contributed by atoms with Gasteiger partial charge in [-0.15, -0.1) is 0 Å². The molecule has 0 aliphatic rings. The van der Waals surface area contributed by atoms with Crippen LogP contribution in [0.2, 0.25) is 0 Å². The molecule has 7 nitrogen and oxygen atoms in total. The van der Waals surface area contributed by atoms with Crippen LogP contribution in [-0.4, -0.2) is 27.3 Å². The molecule has 0 saturated carbocycles. The number of methoxy groups -OCH3 is 3. The molecule has 0 saturated heterocycles. The number of ether oxygens (including phenoxy) is 4. The van der Waals surface area contributed by atoms with Crippen molar-refractivity contribution in [3.8, 4) is 17.2 Å². The highest BCUT2D eigenvalue weighted by Crippen LogP contribution is 2.40. The summed E-state index contributed by atoms with van der Waals surface area (Å²) in [5.41, 5.74) is 2.61. The fraction of sp³-hybridized carbons (Fsp3) is 0.273. The van der Waals surface area contributed by atoms with Gasteiger partial charge in [-0.2, -0.15) is 0 Å². The van der Waals surface area contributed by atoms with Gasteiger partial charge >= 0.3 is 11.6 Å². The van der Waals surface area contributed by atoms with Crippen LogP contribution in [-0.2, 0) is 11.3 Å². The van der Waals surface area contributed by atoms with Gasteiger partial charge in [0, 0.05) is 17.0 Å². The number of aryl methyl sites for hydroxylation is 2. The predicted octanol–water partition coefficient (Wildman–Crippen LogP) is 3.79. The third-order valence-electron chi connectivity index (χ3n) is 4.80. The minimum absolute atomic E-state index is 0.0963. The van der Waals surface area contributed by atoms with Crippen LogP contribution in [0.3, 0.4) is 0 Å². The van der Waals surface area contributed by atoms with Gasteiger partial charge in [0.25, 0.3) is 0 Å². The van der Waals surface area contributed by atoms with Gasteiger partial charge in [0.2, 0.25) is 5.75 Å². The van der Waals surface area contributed by atoms with Crippen molar-refractivity contribution >= 4 is 16.9 Å². The average Bonchev–Trinajstić information content (AvgIpc) is 2.73. The topological polar surface area (TPSA) is 84.2 Å². The molecule has 0 aliphatic carbocycles. The molecule has 3 aromatic rings. The van der Waals surface area contributed by atoms with Crippen molar-refractivity contribution in [3.63, 3.8) is 0 Å². The van der Waals surface area contributed by atoms with Gasteiger partial charge in [-0.05, 0) is 37.1 Å². The maximum absolute atomic E-state index is 12.7. The molecule has 2 aromatic carbocycles. The second kappa shape index (κ2) is 8.26.